The van der Waals surface area contributed by atoms with Gasteiger partial charge in [-0.2, -0.15) is 0 Å². The first kappa shape index (κ1) is 20.0. The Morgan fingerprint density at radius 3 is 2.54 bits per heavy atom. The number of aromatic hydroxyl groups is 1. The van der Waals surface area contributed by atoms with Crippen LogP contribution in [0.4, 0.5) is 0 Å². The quantitative estimate of drug-likeness (QED) is 0.373. The van der Waals surface area contributed by atoms with Crippen molar-refractivity contribution in [2.45, 2.75) is 0 Å². The molecule has 26 heavy (non-hydrogen) atoms. The van der Waals surface area contributed by atoms with Gasteiger partial charge >= 0.3 is 0 Å². The van der Waals surface area contributed by atoms with Crippen molar-refractivity contribution in [3.8, 4) is 17.2 Å². The second-order valence-corrected chi connectivity index (χ2v) is 6.09. The van der Waals surface area contributed by atoms with Crippen LogP contribution in [0.3, 0.4) is 0 Å². The third-order valence-corrected chi connectivity index (χ3v) is 3.75. The van der Waals surface area contributed by atoms with Crippen molar-refractivity contribution in [2.75, 3.05) is 27.8 Å². The zero-order valence-corrected chi connectivity index (χ0v) is 16.0. The highest BCUT2D eigenvalue weighted by Gasteiger charge is 2.18. The lowest BCUT2D eigenvalue weighted by molar-refractivity contribution is 0.0453. The van der Waals surface area contributed by atoms with Crippen LogP contribution in [0.1, 0.15) is 15.9 Å². The van der Waals surface area contributed by atoms with Crippen molar-refractivity contribution in [3.63, 3.8) is 0 Å². The second-order valence-electron chi connectivity index (χ2n) is 5.17. The van der Waals surface area contributed by atoms with Crippen LogP contribution in [0.25, 0.3) is 6.08 Å². The number of hydrogen-bond donors (Lipinski definition) is 1. The lowest BCUT2D eigenvalue weighted by Gasteiger charge is -2.13. The molecule has 0 aliphatic heterocycles. The van der Waals surface area contributed by atoms with Crippen molar-refractivity contribution >= 4 is 27.8 Å². The van der Waals surface area contributed by atoms with Gasteiger partial charge in [0.1, 0.15) is 22.8 Å². The lowest BCUT2D eigenvalue weighted by atomic mass is 10.1. The third-order valence-electron chi connectivity index (χ3n) is 3.25. The largest absolute Gasteiger partial charge is 0.507 e. The van der Waals surface area contributed by atoms with Crippen LogP contribution < -0.4 is 9.47 Å². The number of rotatable bonds is 9. The van der Waals surface area contributed by atoms with E-state index in [1.54, 1.807) is 6.08 Å². The predicted octanol–water partition coefficient (Wildman–Crippen LogP) is 4.02. The van der Waals surface area contributed by atoms with E-state index in [2.05, 4.69) is 15.9 Å². The van der Waals surface area contributed by atoms with Gasteiger partial charge in [0.05, 0.1) is 0 Å². The summed E-state index contributed by atoms with van der Waals surface area (Å²) in [7, 11) is 2.94. The molecule has 0 radical (unpaired) electrons. The first-order valence-electron chi connectivity index (χ1n) is 7.63. The number of carbonyl (C=O) groups is 1. The minimum Gasteiger partial charge on any atom is -0.507 e. The van der Waals surface area contributed by atoms with Gasteiger partial charge in [-0.3, -0.25) is 4.79 Å². The van der Waals surface area contributed by atoms with Crippen LogP contribution in [0, 0.1) is 0 Å². The van der Waals surface area contributed by atoms with Gasteiger partial charge in [-0.1, -0.05) is 34.1 Å². The molecule has 0 aliphatic carbocycles. The SMILES string of the molecule is COCOc1cc(O)c(C(=O)C=Cc2cccc(Br)c2)c(OCOC)c1. The number of hydrogen-bond acceptors (Lipinski definition) is 6. The van der Waals surface area contributed by atoms with Gasteiger partial charge in [-0.15, -0.1) is 0 Å². The maximum atomic E-state index is 12.6. The summed E-state index contributed by atoms with van der Waals surface area (Å²) >= 11 is 3.38. The Morgan fingerprint density at radius 2 is 1.85 bits per heavy atom. The summed E-state index contributed by atoms with van der Waals surface area (Å²) in [6.45, 7) is -0.0813. The summed E-state index contributed by atoms with van der Waals surface area (Å²) in [6, 6.07) is 10.3. The maximum Gasteiger partial charge on any atom is 0.193 e. The Hall–Kier alpha value is -2.35. The minimum atomic E-state index is -0.410. The fourth-order valence-corrected chi connectivity index (χ4v) is 2.55. The van der Waals surface area contributed by atoms with Crippen LogP contribution >= 0.6 is 15.9 Å². The standard InChI is InChI=1S/C19H19BrO6/c1-23-11-25-15-9-17(22)19(18(10-15)26-12-24-2)16(21)7-6-13-4-3-5-14(20)8-13/h3-10,22H,11-12H2,1-2H3. The summed E-state index contributed by atoms with van der Waals surface area (Å²) in [5.41, 5.74) is 0.865. The molecule has 6 nitrogen and oxygen atoms in total. The molecule has 7 heteroatoms. The topological polar surface area (TPSA) is 74.2 Å². The molecule has 0 amide bonds. The molecule has 2 rings (SSSR count). The molecule has 0 atom stereocenters. The molecule has 2 aromatic rings. The number of halogens is 1. The smallest absolute Gasteiger partial charge is 0.193 e. The fourth-order valence-electron chi connectivity index (χ4n) is 2.14. The molecule has 138 valence electrons. The number of allylic oxidation sites excluding steroid dienone is 1. The molecule has 0 fully saturated rings. The van der Waals surface area contributed by atoms with E-state index in [-0.39, 0.29) is 30.6 Å². The van der Waals surface area contributed by atoms with Gasteiger partial charge < -0.3 is 24.1 Å². The van der Waals surface area contributed by atoms with Crippen molar-refractivity contribution in [3.05, 3.63) is 58.1 Å². The number of phenols is 1. The zero-order chi connectivity index (χ0) is 18.9. The van der Waals surface area contributed by atoms with Crippen LogP contribution in [0.15, 0.2) is 46.9 Å². The predicted molar refractivity (Wildman–Crippen MR) is 101 cm³/mol. The summed E-state index contributed by atoms with van der Waals surface area (Å²) in [5, 5.41) is 10.3. The normalized spacial score (nSPS) is 10.9. The number of ketones is 1. The van der Waals surface area contributed by atoms with Gasteiger partial charge in [0.15, 0.2) is 19.4 Å². The third kappa shape index (κ3) is 5.59. The van der Waals surface area contributed by atoms with Gasteiger partial charge in [0, 0.05) is 30.8 Å². The summed E-state index contributed by atoms with van der Waals surface area (Å²) < 4.78 is 21.3. The van der Waals surface area contributed by atoms with E-state index < -0.39 is 5.78 Å². The minimum absolute atomic E-state index is 0.000755. The summed E-state index contributed by atoms with van der Waals surface area (Å²) in [5.74, 6) is -0.203. The highest BCUT2D eigenvalue weighted by atomic mass is 79.9. The molecule has 0 saturated heterocycles. The molecule has 0 spiro atoms. The molecule has 0 saturated carbocycles. The van der Waals surface area contributed by atoms with Gasteiger partial charge in [-0.05, 0) is 23.8 Å². The highest BCUT2D eigenvalue weighted by Crippen LogP contribution is 2.34. The van der Waals surface area contributed by atoms with Crippen LogP contribution in [0.5, 0.6) is 17.2 Å². The monoisotopic (exact) mass is 422 g/mol. The van der Waals surface area contributed by atoms with E-state index in [9.17, 15) is 9.90 Å². The van der Waals surface area contributed by atoms with Crippen molar-refractivity contribution in [1.82, 2.24) is 0 Å². The summed E-state index contributed by atoms with van der Waals surface area (Å²) in [6.07, 6.45) is 3.02. The molecule has 0 bridgehead atoms. The van der Waals surface area contributed by atoms with Crippen LogP contribution in [-0.2, 0) is 9.47 Å². The Balaban J connectivity index is 2.31. The van der Waals surface area contributed by atoms with E-state index in [0.717, 1.165) is 10.0 Å². The van der Waals surface area contributed by atoms with E-state index in [4.69, 9.17) is 18.9 Å². The molecule has 0 heterocycles. The molecular formula is C19H19BrO6. The Kier molecular flexibility index (Phi) is 7.65. The van der Waals surface area contributed by atoms with Crippen LogP contribution in [0.2, 0.25) is 0 Å². The molecule has 0 aromatic heterocycles. The van der Waals surface area contributed by atoms with Gasteiger partial charge in [-0.25, -0.2) is 0 Å². The Bertz CT molecular complexity index is 788. The molecular weight excluding hydrogens is 404 g/mol. The number of carbonyl (C=O) groups excluding carboxylic acids is 1. The highest BCUT2D eigenvalue weighted by molar-refractivity contribution is 9.10. The van der Waals surface area contributed by atoms with E-state index >= 15 is 0 Å². The van der Waals surface area contributed by atoms with Gasteiger partial charge in [0.25, 0.3) is 0 Å². The van der Waals surface area contributed by atoms with Crippen molar-refractivity contribution in [2.24, 2.45) is 0 Å². The van der Waals surface area contributed by atoms with E-state index in [1.165, 1.54) is 32.4 Å². The fraction of sp³-hybridized carbons (Fsp3) is 0.211. The molecule has 0 unspecified atom stereocenters. The average Bonchev–Trinajstić information content (AvgIpc) is 2.62. The van der Waals surface area contributed by atoms with Gasteiger partial charge in [0.2, 0.25) is 0 Å². The number of benzene rings is 2. The number of phenolic OH excluding ortho intramolecular Hbond substituents is 1. The molecule has 2 aromatic carbocycles. The first-order valence-corrected chi connectivity index (χ1v) is 8.43. The number of ether oxygens (including phenoxy) is 4. The number of methoxy groups -OCH3 is 2. The Labute approximate surface area is 160 Å². The summed E-state index contributed by atoms with van der Waals surface area (Å²) in [4.78, 5) is 12.6. The zero-order valence-electron chi connectivity index (χ0n) is 14.4. The first-order chi connectivity index (χ1) is 12.5. The van der Waals surface area contributed by atoms with E-state index in [1.807, 2.05) is 24.3 Å². The van der Waals surface area contributed by atoms with Crippen molar-refractivity contribution in [1.29, 1.82) is 0 Å². The maximum absolute atomic E-state index is 12.6. The second kappa shape index (κ2) is 9.96. The van der Waals surface area contributed by atoms with Crippen molar-refractivity contribution < 1.29 is 28.8 Å². The van der Waals surface area contributed by atoms with E-state index in [0.29, 0.717) is 5.75 Å². The molecule has 1 N–H and O–H groups in total. The average molecular weight is 423 g/mol. The Morgan fingerprint density at radius 1 is 1.12 bits per heavy atom. The molecule has 0 aliphatic rings. The lowest BCUT2D eigenvalue weighted by Crippen LogP contribution is -2.06. The van der Waals surface area contributed by atoms with Crippen LogP contribution in [-0.4, -0.2) is 38.7 Å².